The monoisotopic (exact) mass is 434 g/mol. The Morgan fingerprint density at radius 2 is 1.96 bits per heavy atom. The first-order valence-corrected chi connectivity index (χ1v) is 10.3. The molecule has 3 aromatic rings. The van der Waals surface area contributed by atoms with Gasteiger partial charge < -0.3 is 5.32 Å². The Balaban J connectivity index is 1.92. The summed E-state index contributed by atoms with van der Waals surface area (Å²) in [6.45, 7) is 7.94. The molecule has 0 spiro atoms. The number of fused-ring (bicyclic) bond motifs is 1. The number of hydrazone groups is 1. The number of nitrogens with one attached hydrogen (secondary N) is 2. The molecule has 0 aliphatic heterocycles. The summed E-state index contributed by atoms with van der Waals surface area (Å²) < 4.78 is 1.00. The maximum atomic E-state index is 12.7. The predicted octanol–water partition coefficient (Wildman–Crippen LogP) is 6.67. The molecule has 2 aromatic carbocycles. The molecule has 1 amide bonds. The van der Waals surface area contributed by atoms with E-state index < -0.39 is 0 Å². The summed E-state index contributed by atoms with van der Waals surface area (Å²) in [5.74, 6) is -0.241. The van der Waals surface area contributed by atoms with Crippen molar-refractivity contribution >= 4 is 67.2 Å². The van der Waals surface area contributed by atoms with Crippen molar-refractivity contribution in [3.05, 3.63) is 51.0 Å². The maximum absolute atomic E-state index is 12.7. The molecular weight excluding hydrogens is 415 g/mol. The third-order valence-corrected chi connectivity index (χ3v) is 6.23. The smallest absolute Gasteiger partial charge is 0.255 e. The minimum absolute atomic E-state index is 0.241. The van der Waals surface area contributed by atoms with Gasteiger partial charge in [0, 0.05) is 17.0 Å². The van der Waals surface area contributed by atoms with Crippen LogP contribution in [0, 0.1) is 13.8 Å². The molecule has 5 nitrogen and oxygen atoms in total. The number of aromatic nitrogens is 1. The molecular formula is C20H20Cl2N4OS. The van der Waals surface area contributed by atoms with Gasteiger partial charge in [-0.05, 0) is 62.6 Å². The van der Waals surface area contributed by atoms with Gasteiger partial charge in [0.1, 0.15) is 0 Å². The van der Waals surface area contributed by atoms with Crippen molar-refractivity contribution in [3.8, 4) is 0 Å². The summed E-state index contributed by atoms with van der Waals surface area (Å²) in [4.78, 5) is 17.3. The standard InChI is InChI=1S/C20H20Cl2N4OS/c1-5-11(3)25-26-20-23-16-8-10(2)17(12(4)18(16)28-20)24-19(27)13-6-7-14(21)15(22)9-13/h6-9H,5H2,1-4H3,(H,23,26)(H,24,27)/b25-11+. The van der Waals surface area contributed by atoms with E-state index in [9.17, 15) is 4.79 Å². The molecule has 3 rings (SSSR count). The number of aryl methyl sites for hydroxylation is 2. The number of rotatable bonds is 5. The molecule has 2 N–H and O–H groups in total. The van der Waals surface area contributed by atoms with Gasteiger partial charge in [-0.25, -0.2) is 4.98 Å². The highest BCUT2D eigenvalue weighted by Gasteiger charge is 2.16. The largest absolute Gasteiger partial charge is 0.321 e. The zero-order valence-electron chi connectivity index (χ0n) is 16.0. The van der Waals surface area contributed by atoms with Crippen LogP contribution in [0.15, 0.2) is 29.4 Å². The Bertz CT molecular complexity index is 1090. The molecule has 0 bridgehead atoms. The van der Waals surface area contributed by atoms with E-state index >= 15 is 0 Å². The number of carbonyl (C=O) groups is 1. The van der Waals surface area contributed by atoms with Crippen LogP contribution < -0.4 is 10.7 Å². The van der Waals surface area contributed by atoms with Gasteiger partial charge in [0.05, 0.1) is 20.3 Å². The van der Waals surface area contributed by atoms with Crippen LogP contribution in [0.1, 0.15) is 41.8 Å². The second kappa shape index (κ2) is 8.47. The summed E-state index contributed by atoms with van der Waals surface area (Å²) in [7, 11) is 0. The molecule has 0 radical (unpaired) electrons. The lowest BCUT2D eigenvalue weighted by atomic mass is 10.1. The third kappa shape index (κ3) is 4.29. The average Bonchev–Trinajstić information content (AvgIpc) is 3.08. The molecule has 8 heteroatoms. The number of hydrogen-bond acceptors (Lipinski definition) is 5. The van der Waals surface area contributed by atoms with Crippen LogP contribution in [0.3, 0.4) is 0 Å². The van der Waals surface area contributed by atoms with Crippen molar-refractivity contribution in [2.24, 2.45) is 5.10 Å². The number of nitrogens with zero attached hydrogens (tertiary/aromatic N) is 2. The Kier molecular flexibility index (Phi) is 6.23. The van der Waals surface area contributed by atoms with E-state index in [2.05, 4.69) is 27.8 Å². The van der Waals surface area contributed by atoms with Gasteiger partial charge in [0.15, 0.2) is 0 Å². The van der Waals surface area contributed by atoms with E-state index in [0.29, 0.717) is 15.6 Å². The first-order chi connectivity index (χ1) is 13.3. The van der Waals surface area contributed by atoms with Crippen molar-refractivity contribution in [2.75, 3.05) is 10.7 Å². The van der Waals surface area contributed by atoms with E-state index in [4.69, 9.17) is 23.2 Å². The molecule has 0 saturated heterocycles. The van der Waals surface area contributed by atoms with Gasteiger partial charge in [-0.2, -0.15) is 5.10 Å². The van der Waals surface area contributed by atoms with E-state index in [1.54, 1.807) is 18.2 Å². The molecule has 0 unspecified atom stereocenters. The Morgan fingerprint density at radius 1 is 1.21 bits per heavy atom. The minimum Gasteiger partial charge on any atom is -0.321 e. The zero-order valence-corrected chi connectivity index (χ0v) is 18.3. The summed E-state index contributed by atoms with van der Waals surface area (Å²) in [6, 6.07) is 6.78. The number of hydrogen-bond donors (Lipinski definition) is 2. The highest BCUT2D eigenvalue weighted by Crippen LogP contribution is 2.35. The van der Waals surface area contributed by atoms with E-state index in [-0.39, 0.29) is 5.91 Å². The normalized spacial score (nSPS) is 11.7. The molecule has 0 saturated carbocycles. The van der Waals surface area contributed by atoms with Crippen molar-refractivity contribution in [1.29, 1.82) is 0 Å². The van der Waals surface area contributed by atoms with Gasteiger partial charge in [-0.15, -0.1) is 0 Å². The molecule has 28 heavy (non-hydrogen) atoms. The Hall–Kier alpha value is -2.15. The maximum Gasteiger partial charge on any atom is 0.255 e. The lowest BCUT2D eigenvalue weighted by molar-refractivity contribution is 0.102. The highest BCUT2D eigenvalue weighted by atomic mass is 35.5. The van der Waals surface area contributed by atoms with Crippen LogP contribution in [0.2, 0.25) is 10.0 Å². The summed E-state index contributed by atoms with van der Waals surface area (Å²) in [5, 5.41) is 8.78. The van der Waals surface area contributed by atoms with E-state index in [1.165, 1.54) is 11.3 Å². The quantitative estimate of drug-likeness (QED) is 0.347. The molecule has 0 aliphatic rings. The van der Waals surface area contributed by atoms with Crippen LogP contribution in [0.4, 0.5) is 10.8 Å². The van der Waals surface area contributed by atoms with Crippen molar-refractivity contribution in [3.63, 3.8) is 0 Å². The molecule has 1 heterocycles. The number of thiazole rings is 1. The number of benzene rings is 2. The molecule has 1 aromatic heterocycles. The fraction of sp³-hybridized carbons (Fsp3) is 0.250. The first-order valence-electron chi connectivity index (χ1n) is 8.76. The minimum atomic E-state index is -0.241. The zero-order chi connectivity index (χ0) is 20.4. The summed E-state index contributed by atoms with van der Waals surface area (Å²) in [6.07, 6.45) is 0.876. The highest BCUT2D eigenvalue weighted by molar-refractivity contribution is 7.22. The number of amides is 1. The lowest BCUT2D eigenvalue weighted by Crippen LogP contribution is -2.13. The van der Waals surface area contributed by atoms with Crippen molar-refractivity contribution in [1.82, 2.24) is 4.98 Å². The van der Waals surface area contributed by atoms with Crippen molar-refractivity contribution < 1.29 is 4.79 Å². The molecule has 0 atom stereocenters. The number of halogens is 2. The summed E-state index contributed by atoms with van der Waals surface area (Å²) in [5.41, 5.74) is 8.00. The SMILES string of the molecule is CC/C(C)=N/Nc1nc2cc(C)c(NC(=O)c3ccc(Cl)c(Cl)c3)c(C)c2s1. The second-order valence-electron chi connectivity index (χ2n) is 6.46. The molecule has 0 aliphatic carbocycles. The van der Waals surface area contributed by atoms with Gasteiger partial charge in [0.25, 0.3) is 5.91 Å². The van der Waals surface area contributed by atoms with Crippen LogP contribution in [-0.4, -0.2) is 16.6 Å². The molecule has 0 fully saturated rings. The number of carbonyl (C=O) groups excluding carboxylic acids is 1. The van der Waals surface area contributed by atoms with Gasteiger partial charge in [-0.3, -0.25) is 10.2 Å². The van der Waals surface area contributed by atoms with Gasteiger partial charge in [-0.1, -0.05) is 41.5 Å². The fourth-order valence-electron chi connectivity index (χ4n) is 2.67. The van der Waals surface area contributed by atoms with E-state index in [1.807, 2.05) is 26.8 Å². The predicted molar refractivity (Wildman–Crippen MR) is 121 cm³/mol. The van der Waals surface area contributed by atoms with Gasteiger partial charge in [0.2, 0.25) is 5.13 Å². The fourth-order valence-corrected chi connectivity index (χ4v) is 3.86. The average molecular weight is 435 g/mol. The second-order valence-corrected chi connectivity index (χ2v) is 8.27. The van der Waals surface area contributed by atoms with E-state index in [0.717, 1.165) is 44.3 Å². The summed E-state index contributed by atoms with van der Waals surface area (Å²) >= 11 is 13.5. The van der Waals surface area contributed by atoms with Gasteiger partial charge >= 0.3 is 0 Å². The first kappa shape index (κ1) is 20.6. The third-order valence-electron chi connectivity index (χ3n) is 4.39. The van der Waals surface area contributed by atoms with Crippen LogP contribution in [0.5, 0.6) is 0 Å². The lowest BCUT2D eigenvalue weighted by Gasteiger charge is -2.12. The van der Waals surface area contributed by atoms with Crippen LogP contribution >= 0.6 is 34.5 Å². The molecule has 146 valence electrons. The topological polar surface area (TPSA) is 66.4 Å². The van der Waals surface area contributed by atoms with Crippen LogP contribution in [0.25, 0.3) is 10.2 Å². The van der Waals surface area contributed by atoms with Crippen molar-refractivity contribution in [2.45, 2.75) is 34.1 Å². The Morgan fingerprint density at radius 3 is 2.64 bits per heavy atom. The number of anilines is 2. The van der Waals surface area contributed by atoms with Crippen LogP contribution in [-0.2, 0) is 0 Å². The Labute approximate surface area is 177 Å².